The predicted molar refractivity (Wildman–Crippen MR) is 120 cm³/mol. The van der Waals surface area contributed by atoms with Gasteiger partial charge in [-0.25, -0.2) is 0 Å². The predicted octanol–water partition coefficient (Wildman–Crippen LogP) is 7.33. The number of hydrogen-bond acceptors (Lipinski definition) is 0. The topological polar surface area (TPSA) is 0 Å². The maximum Gasteiger partial charge on any atom is 0.136 e. The van der Waals surface area contributed by atoms with E-state index in [4.69, 9.17) is 6.42 Å². The lowest BCUT2D eigenvalue weighted by atomic mass is 9.84. The Kier molecular flexibility index (Phi) is 5.44. The van der Waals surface area contributed by atoms with Gasteiger partial charge in [-0.05, 0) is 41.4 Å². The van der Waals surface area contributed by atoms with Gasteiger partial charge in [0.25, 0.3) is 0 Å². The third-order valence-corrected chi connectivity index (χ3v) is 9.38. The van der Waals surface area contributed by atoms with Gasteiger partial charge in [-0.1, -0.05) is 90.1 Å². The molecule has 0 fully saturated rings. The normalized spacial score (nSPS) is 25.3. The Bertz CT molecular complexity index is 680. The molecule has 0 aromatic heterocycles. The van der Waals surface area contributed by atoms with Crippen LogP contribution in [0.4, 0.5) is 0 Å². The Labute approximate surface area is 163 Å². The summed E-state index contributed by atoms with van der Waals surface area (Å²) in [7, 11) is -1.84. The molecule has 0 N–H and O–H groups in total. The van der Waals surface area contributed by atoms with Crippen molar-refractivity contribution in [1.82, 2.24) is 0 Å². The van der Waals surface area contributed by atoms with Crippen LogP contribution in [0.15, 0.2) is 46.6 Å². The van der Waals surface area contributed by atoms with Gasteiger partial charge < -0.3 is 0 Å². The van der Waals surface area contributed by atoms with Gasteiger partial charge >= 0.3 is 0 Å². The van der Waals surface area contributed by atoms with Gasteiger partial charge in [-0.2, -0.15) is 0 Å². The average Bonchev–Trinajstić information content (AvgIpc) is 3.03. The second-order valence-electron chi connectivity index (χ2n) is 11.0. The number of hydrogen-bond donors (Lipinski definition) is 0. The molecule has 1 heteroatoms. The van der Waals surface area contributed by atoms with Crippen molar-refractivity contribution in [2.75, 3.05) is 0 Å². The molecule has 0 aromatic rings. The van der Waals surface area contributed by atoms with Crippen LogP contribution in [0.25, 0.3) is 0 Å². The number of allylic oxidation sites excluding steroid dienone is 8. The molecule has 26 heavy (non-hydrogen) atoms. The third kappa shape index (κ3) is 4.01. The Hall–Kier alpha value is -1.26. The van der Waals surface area contributed by atoms with E-state index in [1.807, 2.05) is 0 Å². The first kappa shape index (κ1) is 21.0. The van der Waals surface area contributed by atoms with E-state index in [-0.39, 0.29) is 10.8 Å². The summed E-state index contributed by atoms with van der Waals surface area (Å²) in [6.07, 6.45) is 16.0. The van der Waals surface area contributed by atoms with Crippen molar-refractivity contribution in [3.8, 4) is 12.0 Å². The Morgan fingerprint density at radius 1 is 0.846 bits per heavy atom. The minimum Gasteiger partial charge on any atom is -0.135 e. The van der Waals surface area contributed by atoms with E-state index >= 15 is 0 Å². The van der Waals surface area contributed by atoms with Crippen molar-refractivity contribution in [3.63, 3.8) is 0 Å². The van der Waals surface area contributed by atoms with Crippen LogP contribution in [-0.2, 0) is 0 Å². The van der Waals surface area contributed by atoms with E-state index in [0.29, 0.717) is 17.4 Å². The van der Waals surface area contributed by atoms with E-state index in [1.54, 1.807) is 0 Å². The smallest absolute Gasteiger partial charge is 0.135 e. The van der Waals surface area contributed by atoms with E-state index in [2.05, 4.69) is 98.3 Å². The molecule has 0 nitrogen and oxygen atoms in total. The van der Waals surface area contributed by atoms with Crippen LogP contribution in [0.5, 0.6) is 0 Å². The summed E-state index contributed by atoms with van der Waals surface area (Å²) in [5, 5.41) is 0. The molecule has 0 spiro atoms. The summed E-state index contributed by atoms with van der Waals surface area (Å²) in [4.78, 5) is 0. The lowest BCUT2D eigenvalue weighted by Gasteiger charge is -2.38. The molecule has 2 atom stereocenters. The van der Waals surface area contributed by atoms with Crippen molar-refractivity contribution in [2.45, 2.75) is 74.0 Å². The van der Waals surface area contributed by atoms with Crippen LogP contribution in [0, 0.1) is 34.6 Å². The molecule has 2 aliphatic rings. The zero-order valence-electron chi connectivity index (χ0n) is 18.6. The summed E-state index contributed by atoms with van der Waals surface area (Å²) >= 11 is 0. The van der Waals surface area contributed by atoms with Crippen LogP contribution >= 0.6 is 0 Å². The van der Waals surface area contributed by atoms with Crippen LogP contribution < -0.4 is 0 Å². The lowest BCUT2D eigenvalue weighted by molar-refractivity contribution is 0.507. The monoisotopic (exact) mass is 366 g/mol. The van der Waals surface area contributed by atoms with Crippen LogP contribution in [0.2, 0.25) is 18.6 Å². The van der Waals surface area contributed by atoms with Gasteiger partial charge in [0.1, 0.15) is 8.07 Å². The maximum absolute atomic E-state index is 6.11. The molecule has 0 aliphatic heterocycles. The Morgan fingerprint density at radius 2 is 1.19 bits per heavy atom. The summed E-state index contributed by atoms with van der Waals surface area (Å²) in [5.74, 6) is 0.928. The van der Waals surface area contributed by atoms with Crippen molar-refractivity contribution < 1.29 is 0 Å². The standard InChI is InChI=1S/C25H38Si/c1-12-26(10,11)23(21-15-19(13-17(21)2)24(4,5)6)22-16-20(14-18(22)3)25(7,8)9/h1,13-16,21-23H,2-11H3. The van der Waals surface area contributed by atoms with E-state index in [1.165, 1.54) is 22.3 Å². The summed E-state index contributed by atoms with van der Waals surface area (Å²) in [6.45, 7) is 23.2. The zero-order chi connectivity index (χ0) is 20.1. The number of rotatable bonds is 3. The highest BCUT2D eigenvalue weighted by molar-refractivity contribution is 6.86. The van der Waals surface area contributed by atoms with Gasteiger partial charge in [0.2, 0.25) is 0 Å². The maximum atomic E-state index is 6.11. The van der Waals surface area contributed by atoms with Gasteiger partial charge in [-0.15, -0.1) is 12.0 Å². The molecule has 2 rings (SSSR count). The first-order chi connectivity index (χ1) is 11.7. The first-order valence-electron chi connectivity index (χ1n) is 9.97. The SMILES string of the molecule is C#C[Si](C)(C)C(C1C=C(C(C)(C)C)C=C1C)C1C=C(C(C)(C)C)C=C1C. The van der Waals surface area contributed by atoms with E-state index in [9.17, 15) is 0 Å². The van der Waals surface area contributed by atoms with E-state index < -0.39 is 8.07 Å². The second-order valence-corrected chi connectivity index (χ2v) is 15.4. The highest BCUT2D eigenvalue weighted by Gasteiger charge is 2.44. The van der Waals surface area contributed by atoms with E-state index in [0.717, 1.165) is 0 Å². The second kappa shape index (κ2) is 6.72. The molecule has 0 radical (unpaired) electrons. The highest BCUT2D eigenvalue weighted by atomic mass is 28.3. The number of terminal acetylenes is 1. The molecule has 0 bridgehead atoms. The molecule has 0 saturated heterocycles. The van der Waals surface area contributed by atoms with Crippen molar-refractivity contribution >= 4 is 8.07 Å². The average molecular weight is 367 g/mol. The molecular formula is C25H38Si. The quantitative estimate of drug-likeness (QED) is 0.362. The summed E-state index contributed by atoms with van der Waals surface area (Å²) in [5.41, 5.74) is 10.1. The molecule has 0 amide bonds. The first-order valence-corrected chi connectivity index (χ1v) is 13.0. The largest absolute Gasteiger partial charge is 0.136 e. The lowest BCUT2D eigenvalue weighted by Crippen LogP contribution is -2.39. The van der Waals surface area contributed by atoms with Gasteiger partial charge in [0.05, 0.1) is 0 Å². The molecule has 2 aliphatic carbocycles. The molecule has 0 heterocycles. The van der Waals surface area contributed by atoms with Gasteiger partial charge in [-0.3, -0.25) is 0 Å². The Balaban J connectivity index is 2.54. The third-order valence-electron chi connectivity index (χ3n) is 6.25. The Morgan fingerprint density at radius 3 is 1.42 bits per heavy atom. The minimum absolute atomic E-state index is 0.190. The van der Waals surface area contributed by atoms with Gasteiger partial charge in [0.15, 0.2) is 0 Å². The van der Waals surface area contributed by atoms with Crippen molar-refractivity contribution in [2.24, 2.45) is 22.7 Å². The fraction of sp³-hybridized carbons (Fsp3) is 0.600. The summed E-state index contributed by atoms with van der Waals surface area (Å²) in [6, 6.07) is 0. The minimum atomic E-state index is -1.84. The molecule has 0 saturated carbocycles. The molecule has 0 aromatic carbocycles. The van der Waals surface area contributed by atoms with Crippen molar-refractivity contribution in [3.05, 3.63) is 46.6 Å². The highest BCUT2D eigenvalue weighted by Crippen LogP contribution is 2.51. The molecule has 142 valence electrons. The van der Waals surface area contributed by atoms with Gasteiger partial charge in [0, 0.05) is 11.8 Å². The molecular weight excluding hydrogens is 328 g/mol. The fourth-order valence-electron chi connectivity index (χ4n) is 4.35. The van der Waals surface area contributed by atoms with Crippen LogP contribution in [0.1, 0.15) is 55.4 Å². The van der Waals surface area contributed by atoms with Crippen LogP contribution in [-0.4, -0.2) is 8.07 Å². The van der Waals surface area contributed by atoms with Crippen LogP contribution in [0.3, 0.4) is 0 Å². The fourth-order valence-corrected chi connectivity index (χ4v) is 7.06. The van der Waals surface area contributed by atoms with Crippen molar-refractivity contribution in [1.29, 1.82) is 0 Å². The zero-order valence-corrected chi connectivity index (χ0v) is 19.6. The summed E-state index contributed by atoms with van der Waals surface area (Å²) < 4.78 is 0. The molecule has 2 unspecified atom stereocenters.